The Labute approximate surface area is 85.9 Å². The average molecular weight is 212 g/mol. The lowest BCUT2D eigenvalue weighted by molar-refractivity contribution is 0.573. The van der Waals surface area contributed by atoms with Crippen molar-refractivity contribution in [1.29, 1.82) is 0 Å². The van der Waals surface area contributed by atoms with Crippen molar-refractivity contribution in [3.63, 3.8) is 0 Å². The predicted molar refractivity (Wildman–Crippen MR) is 53.0 cm³/mol. The van der Waals surface area contributed by atoms with Crippen molar-refractivity contribution in [3.8, 4) is 11.3 Å². The highest BCUT2D eigenvalue weighted by Gasteiger charge is 2.06. The molecule has 1 heterocycles. The number of halogens is 2. The molecule has 0 aliphatic heterocycles. The fourth-order valence-electron chi connectivity index (χ4n) is 1.05. The summed E-state index contributed by atoms with van der Waals surface area (Å²) in [5, 5.41) is 1.25. The van der Waals surface area contributed by atoms with Crippen LogP contribution in [0, 0.1) is 6.26 Å². The van der Waals surface area contributed by atoms with Gasteiger partial charge in [0, 0.05) is 16.7 Å². The average Bonchev–Trinajstić information content (AvgIpc) is 2.53. The first kappa shape index (κ1) is 8.67. The van der Waals surface area contributed by atoms with Crippen LogP contribution in [0.4, 0.5) is 0 Å². The van der Waals surface area contributed by atoms with Crippen LogP contribution in [-0.4, -0.2) is 0 Å². The van der Waals surface area contributed by atoms with Crippen molar-refractivity contribution < 1.29 is 4.42 Å². The van der Waals surface area contributed by atoms with E-state index in [-0.39, 0.29) is 0 Å². The summed E-state index contributed by atoms with van der Waals surface area (Å²) < 4.78 is 5.09. The molecule has 2 rings (SSSR count). The number of benzene rings is 1. The van der Waals surface area contributed by atoms with Crippen LogP contribution in [-0.2, 0) is 0 Å². The molecule has 0 aliphatic carbocycles. The second-order valence-electron chi connectivity index (χ2n) is 2.55. The van der Waals surface area contributed by atoms with E-state index in [4.69, 9.17) is 27.6 Å². The lowest BCUT2D eigenvalue weighted by Gasteiger charge is -1.96. The number of hydrogen-bond acceptors (Lipinski definition) is 1. The Bertz CT molecular complexity index is 403. The van der Waals surface area contributed by atoms with Crippen molar-refractivity contribution in [3.05, 3.63) is 46.6 Å². The topological polar surface area (TPSA) is 13.1 Å². The van der Waals surface area contributed by atoms with Crippen molar-refractivity contribution in [2.24, 2.45) is 0 Å². The summed E-state index contributed by atoms with van der Waals surface area (Å²) in [5.74, 6) is 0.623. The molecule has 2 aromatic rings. The van der Waals surface area contributed by atoms with Crippen LogP contribution in [0.15, 0.2) is 34.7 Å². The van der Waals surface area contributed by atoms with E-state index in [1.165, 1.54) is 0 Å². The van der Waals surface area contributed by atoms with Gasteiger partial charge in [0.1, 0.15) is 0 Å². The van der Waals surface area contributed by atoms with E-state index in [0.29, 0.717) is 15.8 Å². The van der Waals surface area contributed by atoms with Crippen molar-refractivity contribution in [1.82, 2.24) is 0 Å². The Hall–Kier alpha value is -0.920. The molecule has 0 unspecified atom stereocenters. The Morgan fingerprint density at radius 3 is 2.31 bits per heavy atom. The van der Waals surface area contributed by atoms with Crippen LogP contribution in [0.2, 0.25) is 10.0 Å². The third kappa shape index (κ3) is 1.71. The van der Waals surface area contributed by atoms with Gasteiger partial charge in [-0.1, -0.05) is 23.2 Å². The van der Waals surface area contributed by atoms with Gasteiger partial charge in [-0.15, -0.1) is 0 Å². The molecule has 0 fully saturated rings. The first-order chi connectivity index (χ1) is 6.27. The molecule has 0 amide bonds. The molecule has 65 valence electrons. The molecular formula is C10H5Cl2O. The van der Waals surface area contributed by atoms with Crippen molar-refractivity contribution >= 4 is 23.2 Å². The van der Waals surface area contributed by atoms with Crippen LogP contribution in [0.1, 0.15) is 0 Å². The highest BCUT2D eigenvalue weighted by molar-refractivity contribution is 6.33. The third-order valence-corrected chi connectivity index (χ3v) is 2.20. The summed E-state index contributed by atoms with van der Waals surface area (Å²) in [7, 11) is 0. The summed E-state index contributed by atoms with van der Waals surface area (Å²) in [4.78, 5) is 0. The van der Waals surface area contributed by atoms with Gasteiger partial charge in [-0.2, -0.15) is 0 Å². The zero-order chi connectivity index (χ0) is 9.26. The largest absolute Gasteiger partial charge is 0.451 e. The Morgan fingerprint density at radius 2 is 1.77 bits per heavy atom. The number of rotatable bonds is 1. The van der Waals surface area contributed by atoms with Gasteiger partial charge in [-0.05, 0) is 24.3 Å². The summed E-state index contributed by atoms with van der Waals surface area (Å²) >= 11 is 11.6. The molecule has 1 nitrogen and oxygen atoms in total. The molecule has 13 heavy (non-hydrogen) atoms. The lowest BCUT2D eigenvalue weighted by atomic mass is 10.2. The molecule has 0 atom stereocenters. The fourth-order valence-corrected chi connectivity index (χ4v) is 1.37. The zero-order valence-corrected chi connectivity index (χ0v) is 8.06. The summed E-state index contributed by atoms with van der Waals surface area (Å²) in [6.45, 7) is 0. The molecule has 1 aromatic carbocycles. The van der Waals surface area contributed by atoms with Crippen LogP contribution in [0.3, 0.4) is 0 Å². The van der Waals surface area contributed by atoms with Gasteiger partial charge >= 0.3 is 0 Å². The number of furan rings is 1. The predicted octanol–water partition coefficient (Wildman–Crippen LogP) is 4.05. The number of hydrogen-bond donors (Lipinski definition) is 0. The summed E-state index contributed by atoms with van der Waals surface area (Å²) in [5.41, 5.74) is 0.899. The summed E-state index contributed by atoms with van der Waals surface area (Å²) in [6, 6.07) is 8.86. The van der Waals surface area contributed by atoms with Gasteiger partial charge < -0.3 is 4.42 Å². The van der Waals surface area contributed by atoms with Crippen LogP contribution >= 0.6 is 23.2 Å². The fraction of sp³-hybridized carbons (Fsp3) is 0. The van der Waals surface area contributed by atoms with E-state index >= 15 is 0 Å². The Morgan fingerprint density at radius 1 is 1.08 bits per heavy atom. The van der Waals surface area contributed by atoms with Gasteiger partial charge in [-0.3, -0.25) is 0 Å². The van der Waals surface area contributed by atoms with E-state index in [1.807, 2.05) is 12.1 Å². The maximum Gasteiger partial charge on any atom is 0.171 e. The van der Waals surface area contributed by atoms with Crippen molar-refractivity contribution in [2.75, 3.05) is 0 Å². The smallest absolute Gasteiger partial charge is 0.171 e. The maximum atomic E-state index is 5.86. The molecule has 0 spiro atoms. The molecule has 0 saturated heterocycles. The van der Waals surface area contributed by atoms with Gasteiger partial charge in [-0.25, -0.2) is 0 Å². The normalized spacial score (nSPS) is 10.3. The second-order valence-corrected chi connectivity index (χ2v) is 3.39. The van der Waals surface area contributed by atoms with Gasteiger partial charge in [0.25, 0.3) is 0 Å². The zero-order valence-electron chi connectivity index (χ0n) is 6.55. The first-order valence-corrected chi connectivity index (χ1v) is 4.44. The molecule has 0 N–H and O–H groups in total. The quantitative estimate of drug-likeness (QED) is 0.694. The van der Waals surface area contributed by atoms with Crippen LogP contribution < -0.4 is 0 Å². The summed E-state index contributed by atoms with van der Waals surface area (Å²) in [6.07, 6.45) is 2.57. The van der Waals surface area contributed by atoms with Gasteiger partial charge in [0.15, 0.2) is 12.0 Å². The Kier molecular flexibility index (Phi) is 2.30. The SMILES string of the molecule is Clc1ccc(-c2o[c]cc2Cl)cc1. The molecule has 0 bridgehead atoms. The first-order valence-electron chi connectivity index (χ1n) is 3.68. The molecular weight excluding hydrogens is 207 g/mol. The van der Waals surface area contributed by atoms with E-state index in [2.05, 4.69) is 6.26 Å². The minimum Gasteiger partial charge on any atom is -0.451 e. The van der Waals surface area contributed by atoms with E-state index in [9.17, 15) is 0 Å². The third-order valence-electron chi connectivity index (χ3n) is 1.67. The highest BCUT2D eigenvalue weighted by Crippen LogP contribution is 2.28. The lowest BCUT2D eigenvalue weighted by Crippen LogP contribution is -1.73. The molecule has 0 saturated carbocycles. The minimum absolute atomic E-state index is 0.558. The van der Waals surface area contributed by atoms with E-state index in [1.54, 1.807) is 18.2 Å². The van der Waals surface area contributed by atoms with Gasteiger partial charge in [0.05, 0.1) is 5.02 Å². The van der Waals surface area contributed by atoms with Crippen LogP contribution in [0.5, 0.6) is 0 Å². The van der Waals surface area contributed by atoms with Crippen molar-refractivity contribution in [2.45, 2.75) is 0 Å². The van der Waals surface area contributed by atoms with E-state index < -0.39 is 0 Å². The van der Waals surface area contributed by atoms with Gasteiger partial charge in [0.2, 0.25) is 0 Å². The van der Waals surface area contributed by atoms with E-state index in [0.717, 1.165) is 5.56 Å². The van der Waals surface area contributed by atoms with Crippen LogP contribution in [0.25, 0.3) is 11.3 Å². The molecule has 1 aromatic heterocycles. The minimum atomic E-state index is 0.558. The Balaban J connectivity index is 2.47. The molecule has 0 aliphatic rings. The molecule has 3 heteroatoms. The second kappa shape index (κ2) is 3.44. The highest BCUT2D eigenvalue weighted by atomic mass is 35.5. The maximum absolute atomic E-state index is 5.86. The molecule has 1 radical (unpaired) electrons. The standard InChI is InChI=1S/C10H5Cl2O/c11-8-3-1-7(2-4-8)10-9(12)5-6-13-10/h1-5H. The monoisotopic (exact) mass is 211 g/mol.